The third kappa shape index (κ3) is 2.66. The molecule has 1 aliphatic rings. The van der Waals surface area contributed by atoms with Crippen LogP contribution in [0.2, 0.25) is 0 Å². The van der Waals surface area contributed by atoms with Gasteiger partial charge < -0.3 is 10.0 Å². The van der Waals surface area contributed by atoms with E-state index in [9.17, 15) is 9.90 Å². The number of rotatable bonds is 2. The number of benzene rings is 1. The highest BCUT2D eigenvalue weighted by Crippen LogP contribution is 2.24. The lowest BCUT2D eigenvalue weighted by atomic mass is 9.96. The van der Waals surface area contributed by atoms with Crippen molar-refractivity contribution in [2.75, 3.05) is 0 Å². The summed E-state index contributed by atoms with van der Waals surface area (Å²) >= 11 is 0. The number of phenolic OH excluding ortho intramolecular Hbond substituents is 1. The van der Waals surface area contributed by atoms with Crippen molar-refractivity contribution in [2.24, 2.45) is 0 Å². The van der Waals surface area contributed by atoms with Crippen molar-refractivity contribution >= 4 is 5.91 Å². The van der Waals surface area contributed by atoms with Crippen LogP contribution in [0.15, 0.2) is 24.3 Å². The summed E-state index contributed by atoms with van der Waals surface area (Å²) in [5, 5.41) is 9.72. The minimum atomic E-state index is 0.121. The number of carbonyl (C=O) groups excluding carboxylic acids is 1. The minimum absolute atomic E-state index is 0.121. The molecule has 3 heteroatoms. The molecule has 0 bridgehead atoms. The van der Waals surface area contributed by atoms with Gasteiger partial charge in [0.25, 0.3) is 0 Å². The van der Waals surface area contributed by atoms with Gasteiger partial charge in [0.05, 0.1) is 6.42 Å². The van der Waals surface area contributed by atoms with E-state index in [0.717, 1.165) is 12.8 Å². The van der Waals surface area contributed by atoms with Crippen LogP contribution in [-0.4, -0.2) is 28.0 Å². The summed E-state index contributed by atoms with van der Waals surface area (Å²) in [4.78, 5) is 14.3. The van der Waals surface area contributed by atoms with Crippen molar-refractivity contribution in [3.63, 3.8) is 0 Å². The molecule has 2 atom stereocenters. The van der Waals surface area contributed by atoms with Gasteiger partial charge >= 0.3 is 0 Å². The summed E-state index contributed by atoms with van der Waals surface area (Å²) in [6.45, 7) is 4.22. The van der Waals surface area contributed by atoms with E-state index in [0.29, 0.717) is 24.1 Å². The Bertz CT molecular complexity index is 420. The Labute approximate surface area is 108 Å². The molecule has 1 fully saturated rings. The summed E-state index contributed by atoms with van der Waals surface area (Å²) in [5.74, 6) is 0.333. The average molecular weight is 247 g/mol. The topological polar surface area (TPSA) is 40.5 Å². The minimum Gasteiger partial charge on any atom is -0.508 e. The molecule has 0 radical (unpaired) electrons. The zero-order valence-corrected chi connectivity index (χ0v) is 11.1. The van der Waals surface area contributed by atoms with Crippen molar-refractivity contribution in [1.82, 2.24) is 4.90 Å². The van der Waals surface area contributed by atoms with Gasteiger partial charge in [-0.2, -0.15) is 0 Å². The van der Waals surface area contributed by atoms with Crippen LogP contribution in [0.4, 0.5) is 0 Å². The molecule has 98 valence electrons. The predicted octanol–water partition coefficient (Wildman–Crippen LogP) is 2.72. The Morgan fingerprint density at radius 2 is 1.89 bits per heavy atom. The van der Waals surface area contributed by atoms with Crippen LogP contribution in [0, 0.1) is 0 Å². The first-order chi connectivity index (χ1) is 8.59. The molecule has 1 amide bonds. The number of phenols is 1. The number of hydrogen-bond acceptors (Lipinski definition) is 2. The molecule has 0 unspecified atom stereocenters. The lowest BCUT2D eigenvalue weighted by Gasteiger charge is -2.39. The second-order valence-electron chi connectivity index (χ2n) is 5.24. The molecule has 0 spiro atoms. The molecule has 1 heterocycles. The van der Waals surface area contributed by atoms with E-state index < -0.39 is 0 Å². The van der Waals surface area contributed by atoms with E-state index in [1.807, 2.05) is 17.0 Å². The fraction of sp³-hybridized carbons (Fsp3) is 0.533. The van der Waals surface area contributed by atoms with Gasteiger partial charge in [0.2, 0.25) is 5.91 Å². The van der Waals surface area contributed by atoms with Crippen LogP contribution < -0.4 is 0 Å². The zero-order valence-electron chi connectivity index (χ0n) is 11.1. The number of aromatic hydroxyl groups is 1. The maximum atomic E-state index is 12.4. The van der Waals surface area contributed by atoms with E-state index in [2.05, 4.69) is 13.8 Å². The van der Waals surface area contributed by atoms with E-state index in [1.54, 1.807) is 12.1 Å². The SMILES string of the molecule is C[C@@H]1CCC[C@H](C)N1C(=O)Cc1ccccc1O. The van der Waals surface area contributed by atoms with E-state index in [-0.39, 0.29) is 11.7 Å². The van der Waals surface area contributed by atoms with Crippen LogP contribution in [0.1, 0.15) is 38.7 Å². The Kier molecular flexibility index (Phi) is 3.90. The monoisotopic (exact) mass is 247 g/mol. The fourth-order valence-electron chi connectivity index (χ4n) is 2.83. The molecular weight excluding hydrogens is 226 g/mol. The van der Waals surface area contributed by atoms with Gasteiger partial charge in [-0.3, -0.25) is 4.79 Å². The number of amides is 1. The maximum Gasteiger partial charge on any atom is 0.227 e. The van der Waals surface area contributed by atoms with Gasteiger partial charge in [0.15, 0.2) is 0 Å². The Hall–Kier alpha value is -1.51. The van der Waals surface area contributed by atoms with Crippen LogP contribution in [0.25, 0.3) is 0 Å². The highest BCUT2D eigenvalue weighted by Gasteiger charge is 2.28. The first-order valence-corrected chi connectivity index (χ1v) is 6.67. The summed E-state index contributed by atoms with van der Waals surface area (Å²) in [5.41, 5.74) is 0.715. The van der Waals surface area contributed by atoms with Gasteiger partial charge in [0, 0.05) is 17.6 Å². The molecule has 1 aromatic rings. The lowest BCUT2D eigenvalue weighted by molar-refractivity contribution is -0.136. The standard InChI is InChI=1S/C15H21NO2/c1-11-6-5-7-12(2)16(11)15(18)10-13-8-3-4-9-14(13)17/h3-4,8-9,11-12,17H,5-7,10H2,1-2H3/t11-,12+. The quantitative estimate of drug-likeness (QED) is 0.873. The predicted molar refractivity (Wildman–Crippen MR) is 71.4 cm³/mol. The maximum absolute atomic E-state index is 12.4. The van der Waals surface area contributed by atoms with Gasteiger partial charge in [-0.25, -0.2) is 0 Å². The summed E-state index contributed by atoms with van der Waals surface area (Å²) in [6.07, 6.45) is 3.65. The van der Waals surface area contributed by atoms with E-state index >= 15 is 0 Å². The van der Waals surface area contributed by atoms with Crippen LogP contribution in [0.3, 0.4) is 0 Å². The number of piperidine rings is 1. The summed E-state index contributed by atoms with van der Waals surface area (Å²) < 4.78 is 0. The van der Waals surface area contributed by atoms with Gasteiger partial charge in [-0.05, 0) is 39.2 Å². The molecule has 1 N–H and O–H groups in total. The molecule has 2 rings (SSSR count). The molecule has 1 aliphatic heterocycles. The van der Waals surface area contributed by atoms with Crippen molar-refractivity contribution in [1.29, 1.82) is 0 Å². The number of nitrogens with zero attached hydrogens (tertiary/aromatic N) is 1. The normalized spacial score (nSPS) is 24.0. The number of para-hydroxylation sites is 1. The Morgan fingerprint density at radius 3 is 2.50 bits per heavy atom. The first-order valence-electron chi connectivity index (χ1n) is 6.67. The second kappa shape index (κ2) is 5.42. The Morgan fingerprint density at radius 1 is 1.28 bits per heavy atom. The van der Waals surface area contributed by atoms with Crippen molar-refractivity contribution < 1.29 is 9.90 Å². The van der Waals surface area contributed by atoms with Gasteiger partial charge in [-0.15, -0.1) is 0 Å². The zero-order chi connectivity index (χ0) is 13.1. The Balaban J connectivity index is 2.09. The molecular formula is C15H21NO2. The average Bonchev–Trinajstić information content (AvgIpc) is 2.32. The molecule has 0 aromatic heterocycles. The van der Waals surface area contributed by atoms with Crippen molar-refractivity contribution in [3.8, 4) is 5.75 Å². The van der Waals surface area contributed by atoms with Gasteiger partial charge in [-0.1, -0.05) is 18.2 Å². The second-order valence-corrected chi connectivity index (χ2v) is 5.24. The van der Waals surface area contributed by atoms with Crippen molar-refractivity contribution in [2.45, 2.75) is 51.6 Å². The lowest BCUT2D eigenvalue weighted by Crippen LogP contribution is -2.48. The molecule has 1 aromatic carbocycles. The van der Waals surface area contributed by atoms with Crippen LogP contribution in [-0.2, 0) is 11.2 Å². The molecule has 3 nitrogen and oxygen atoms in total. The van der Waals surface area contributed by atoms with Crippen molar-refractivity contribution in [3.05, 3.63) is 29.8 Å². The summed E-state index contributed by atoms with van der Waals surface area (Å²) in [6, 6.07) is 7.69. The van der Waals surface area contributed by atoms with Crippen LogP contribution >= 0.6 is 0 Å². The summed E-state index contributed by atoms with van der Waals surface area (Å²) in [7, 11) is 0. The highest BCUT2D eigenvalue weighted by atomic mass is 16.3. The largest absolute Gasteiger partial charge is 0.508 e. The van der Waals surface area contributed by atoms with Crippen LogP contribution in [0.5, 0.6) is 5.75 Å². The number of hydrogen-bond donors (Lipinski definition) is 1. The first kappa shape index (κ1) is 12.9. The van der Waals surface area contributed by atoms with Gasteiger partial charge in [0.1, 0.15) is 5.75 Å². The third-order valence-corrected chi connectivity index (χ3v) is 3.81. The third-order valence-electron chi connectivity index (χ3n) is 3.81. The molecule has 0 aliphatic carbocycles. The smallest absolute Gasteiger partial charge is 0.227 e. The van der Waals surface area contributed by atoms with E-state index in [1.165, 1.54) is 6.42 Å². The fourth-order valence-corrected chi connectivity index (χ4v) is 2.83. The highest BCUT2D eigenvalue weighted by molar-refractivity contribution is 5.80. The molecule has 1 saturated heterocycles. The molecule has 18 heavy (non-hydrogen) atoms. The number of carbonyl (C=O) groups is 1. The van der Waals surface area contributed by atoms with E-state index in [4.69, 9.17) is 0 Å². The number of likely N-dealkylation sites (tertiary alicyclic amines) is 1. The molecule has 0 saturated carbocycles.